The molecule has 122 valence electrons. The van der Waals surface area contributed by atoms with Crippen LogP contribution in [0.15, 0.2) is 36.4 Å². The zero-order chi connectivity index (χ0) is 16.5. The van der Waals surface area contributed by atoms with E-state index >= 15 is 0 Å². The minimum Gasteiger partial charge on any atom is -0.493 e. The van der Waals surface area contributed by atoms with Gasteiger partial charge in [-0.2, -0.15) is 4.68 Å². The van der Waals surface area contributed by atoms with Gasteiger partial charge in [-0.25, -0.2) is 0 Å². The van der Waals surface area contributed by atoms with Crippen molar-refractivity contribution in [3.05, 3.63) is 57.6 Å². The molecule has 1 aromatic heterocycles. The Morgan fingerprint density at radius 3 is 2.96 bits per heavy atom. The molecule has 0 atom stereocenters. The fourth-order valence-corrected chi connectivity index (χ4v) is 3.09. The van der Waals surface area contributed by atoms with Crippen LogP contribution < -0.4 is 10.1 Å². The van der Waals surface area contributed by atoms with Crippen molar-refractivity contribution in [1.29, 1.82) is 0 Å². The summed E-state index contributed by atoms with van der Waals surface area (Å²) in [6.45, 7) is 1.27. The molecule has 4 rings (SSSR count). The first-order valence-electron chi connectivity index (χ1n) is 7.44. The Bertz CT molecular complexity index is 896. The van der Waals surface area contributed by atoms with Gasteiger partial charge in [-0.15, -0.1) is 0 Å². The van der Waals surface area contributed by atoms with Crippen molar-refractivity contribution in [1.82, 2.24) is 20.2 Å². The number of halogens is 2. The lowest BCUT2D eigenvalue weighted by molar-refractivity contribution is 0.354. The van der Waals surface area contributed by atoms with Crippen molar-refractivity contribution in [2.24, 2.45) is 0 Å². The minimum absolute atomic E-state index is 0.401. The lowest BCUT2D eigenvalue weighted by Crippen LogP contribution is -2.08. The van der Waals surface area contributed by atoms with Crippen molar-refractivity contribution < 1.29 is 4.74 Å². The van der Waals surface area contributed by atoms with Crippen LogP contribution in [0.4, 0.5) is 5.95 Å². The number of hydrogen-bond donors (Lipinski definition) is 1. The Kier molecular flexibility index (Phi) is 4.00. The predicted molar refractivity (Wildman–Crippen MR) is 92.1 cm³/mol. The maximum absolute atomic E-state index is 6.25. The van der Waals surface area contributed by atoms with Crippen LogP contribution in [0.2, 0.25) is 10.0 Å². The van der Waals surface area contributed by atoms with Crippen LogP contribution in [0.1, 0.15) is 11.1 Å². The van der Waals surface area contributed by atoms with Crippen molar-refractivity contribution in [2.45, 2.75) is 13.0 Å². The number of aromatic nitrogens is 4. The molecule has 0 radical (unpaired) electrons. The third-order valence-corrected chi connectivity index (χ3v) is 4.67. The molecule has 6 nitrogen and oxygen atoms in total. The third kappa shape index (κ3) is 2.68. The van der Waals surface area contributed by atoms with E-state index in [1.54, 1.807) is 18.2 Å². The second kappa shape index (κ2) is 6.30. The molecule has 1 N–H and O–H groups in total. The van der Waals surface area contributed by atoms with Crippen LogP contribution in [0.25, 0.3) is 5.69 Å². The molecule has 3 aromatic rings. The molecule has 0 amide bonds. The van der Waals surface area contributed by atoms with E-state index in [1.165, 1.54) is 10.2 Å². The molecule has 2 aromatic carbocycles. The smallest absolute Gasteiger partial charge is 0.248 e. The average molecular weight is 362 g/mol. The van der Waals surface area contributed by atoms with Gasteiger partial charge < -0.3 is 10.1 Å². The van der Waals surface area contributed by atoms with Gasteiger partial charge in [-0.05, 0) is 28.1 Å². The van der Waals surface area contributed by atoms with E-state index in [9.17, 15) is 0 Å². The molecule has 0 bridgehead atoms. The van der Waals surface area contributed by atoms with E-state index in [0.29, 0.717) is 28.2 Å². The molecule has 1 aliphatic heterocycles. The summed E-state index contributed by atoms with van der Waals surface area (Å²) in [6, 6.07) is 11.5. The normalized spacial score (nSPS) is 12.8. The number of nitrogens with one attached hydrogen (secondary N) is 1. The number of nitrogens with zero attached hydrogens (tertiary/aromatic N) is 4. The minimum atomic E-state index is 0.401. The molecular weight excluding hydrogens is 349 g/mol. The average Bonchev–Trinajstić information content (AvgIpc) is 3.24. The highest BCUT2D eigenvalue weighted by atomic mass is 35.5. The summed E-state index contributed by atoms with van der Waals surface area (Å²) in [5.74, 6) is 1.43. The Morgan fingerprint density at radius 2 is 2.04 bits per heavy atom. The van der Waals surface area contributed by atoms with Crippen LogP contribution in [0, 0.1) is 0 Å². The van der Waals surface area contributed by atoms with Crippen LogP contribution in [0.3, 0.4) is 0 Å². The summed E-state index contributed by atoms with van der Waals surface area (Å²) in [6.07, 6.45) is 0.943. The van der Waals surface area contributed by atoms with E-state index in [4.69, 9.17) is 27.9 Å². The second-order valence-electron chi connectivity index (χ2n) is 5.34. The third-order valence-electron chi connectivity index (χ3n) is 3.86. The summed E-state index contributed by atoms with van der Waals surface area (Å²) >= 11 is 12.3. The van der Waals surface area contributed by atoms with Crippen molar-refractivity contribution in [2.75, 3.05) is 11.9 Å². The molecule has 0 saturated carbocycles. The Morgan fingerprint density at radius 1 is 1.17 bits per heavy atom. The lowest BCUT2D eigenvalue weighted by Gasteiger charge is -2.11. The number of tetrazole rings is 1. The molecule has 0 aliphatic carbocycles. The summed E-state index contributed by atoms with van der Waals surface area (Å²) in [5, 5.41) is 15.8. The first kappa shape index (κ1) is 15.2. The summed E-state index contributed by atoms with van der Waals surface area (Å²) < 4.78 is 7.24. The number of para-hydroxylation sites is 1. The molecule has 0 fully saturated rings. The van der Waals surface area contributed by atoms with Crippen molar-refractivity contribution in [3.63, 3.8) is 0 Å². The van der Waals surface area contributed by atoms with Crippen LogP contribution >= 0.6 is 23.2 Å². The van der Waals surface area contributed by atoms with Gasteiger partial charge in [0.1, 0.15) is 5.75 Å². The van der Waals surface area contributed by atoms with Crippen LogP contribution in [-0.2, 0) is 13.0 Å². The number of fused-ring (bicyclic) bond motifs is 1. The Hall–Kier alpha value is -2.31. The summed E-state index contributed by atoms with van der Waals surface area (Å²) in [5.41, 5.74) is 2.91. The predicted octanol–water partition coefficient (Wildman–Crippen LogP) is 3.52. The van der Waals surface area contributed by atoms with Crippen molar-refractivity contribution >= 4 is 29.2 Å². The summed E-state index contributed by atoms with van der Waals surface area (Å²) in [7, 11) is 0. The van der Waals surface area contributed by atoms with Gasteiger partial charge in [0.2, 0.25) is 5.95 Å². The molecule has 1 aliphatic rings. The Balaban J connectivity index is 1.60. The standard InChI is InChI=1S/C16H13Cl2N5O/c17-12-5-2-6-13(14(12)18)23-16(20-21-22-23)19-9-11-4-1-3-10-7-8-24-15(10)11/h1-6H,7-9H2,(H,19,20,22). The molecule has 0 spiro atoms. The molecule has 0 unspecified atom stereocenters. The number of ether oxygens (including phenoxy) is 1. The molecule has 2 heterocycles. The Labute approximate surface area is 148 Å². The first-order chi connectivity index (χ1) is 11.7. The number of benzene rings is 2. The molecule has 0 saturated heterocycles. The zero-order valence-electron chi connectivity index (χ0n) is 12.5. The largest absolute Gasteiger partial charge is 0.493 e. The highest BCUT2D eigenvalue weighted by molar-refractivity contribution is 6.43. The van der Waals surface area contributed by atoms with Crippen LogP contribution in [-0.4, -0.2) is 26.8 Å². The van der Waals surface area contributed by atoms with Crippen molar-refractivity contribution in [3.8, 4) is 11.4 Å². The number of anilines is 1. The van der Waals surface area contributed by atoms with Gasteiger partial charge in [0.25, 0.3) is 0 Å². The quantitative estimate of drug-likeness (QED) is 0.770. The van der Waals surface area contributed by atoms with E-state index < -0.39 is 0 Å². The topological polar surface area (TPSA) is 64.9 Å². The van der Waals surface area contributed by atoms with Crippen LogP contribution in [0.5, 0.6) is 5.75 Å². The second-order valence-corrected chi connectivity index (χ2v) is 6.13. The highest BCUT2D eigenvalue weighted by Gasteiger charge is 2.17. The van der Waals surface area contributed by atoms with E-state index in [2.05, 4.69) is 26.9 Å². The van der Waals surface area contributed by atoms with Gasteiger partial charge in [0, 0.05) is 18.5 Å². The fraction of sp³-hybridized carbons (Fsp3) is 0.188. The molecular formula is C16H13Cl2N5O. The monoisotopic (exact) mass is 361 g/mol. The first-order valence-corrected chi connectivity index (χ1v) is 8.20. The molecule has 8 heteroatoms. The zero-order valence-corrected chi connectivity index (χ0v) is 14.1. The maximum Gasteiger partial charge on any atom is 0.248 e. The van der Waals surface area contributed by atoms with Gasteiger partial charge in [0.05, 0.1) is 22.3 Å². The maximum atomic E-state index is 6.25. The summed E-state index contributed by atoms with van der Waals surface area (Å²) in [4.78, 5) is 0. The number of rotatable bonds is 4. The van der Waals surface area contributed by atoms with Gasteiger partial charge in [-0.1, -0.05) is 52.6 Å². The van der Waals surface area contributed by atoms with E-state index in [1.807, 2.05) is 12.1 Å². The van der Waals surface area contributed by atoms with E-state index in [0.717, 1.165) is 24.3 Å². The van der Waals surface area contributed by atoms with Gasteiger partial charge >= 0.3 is 0 Å². The SMILES string of the molecule is Clc1cccc(-n2nnnc2NCc2cccc3c2OCC3)c1Cl. The van der Waals surface area contributed by atoms with Gasteiger partial charge in [-0.3, -0.25) is 0 Å². The lowest BCUT2D eigenvalue weighted by atomic mass is 10.1. The van der Waals surface area contributed by atoms with E-state index in [-0.39, 0.29) is 0 Å². The number of hydrogen-bond acceptors (Lipinski definition) is 5. The molecule has 24 heavy (non-hydrogen) atoms. The van der Waals surface area contributed by atoms with Gasteiger partial charge in [0.15, 0.2) is 0 Å². The fourth-order valence-electron chi connectivity index (χ4n) is 2.71. The highest BCUT2D eigenvalue weighted by Crippen LogP contribution is 2.31.